The molecule has 2 aliphatic rings. The van der Waals surface area contributed by atoms with E-state index < -0.39 is 33.2 Å². The zero-order valence-electron chi connectivity index (χ0n) is 15.2. The summed E-state index contributed by atoms with van der Waals surface area (Å²) in [7, 11) is -2.35. The first-order valence-electron chi connectivity index (χ1n) is 9.16. The number of aliphatic carboxylic acids is 1. The van der Waals surface area contributed by atoms with Crippen molar-refractivity contribution in [2.24, 2.45) is 5.92 Å². The number of nitrogens with zero attached hydrogens (tertiary/aromatic N) is 1. The van der Waals surface area contributed by atoms with Crippen LogP contribution in [0.25, 0.3) is 0 Å². The van der Waals surface area contributed by atoms with Crippen molar-refractivity contribution in [2.75, 3.05) is 12.8 Å². The van der Waals surface area contributed by atoms with Crippen LogP contribution in [0.3, 0.4) is 0 Å². The number of rotatable bonds is 6. The summed E-state index contributed by atoms with van der Waals surface area (Å²) >= 11 is 0. The zero-order valence-corrected chi connectivity index (χ0v) is 16.0. The van der Waals surface area contributed by atoms with Gasteiger partial charge in [-0.05, 0) is 44.4 Å². The van der Waals surface area contributed by atoms with Crippen molar-refractivity contribution in [1.29, 1.82) is 0 Å². The molecule has 0 spiro atoms. The average molecular weight is 375 g/mol. The lowest BCUT2D eigenvalue weighted by Gasteiger charge is -2.41. The summed E-state index contributed by atoms with van der Waals surface area (Å²) in [5.41, 5.74) is -1.27. The van der Waals surface area contributed by atoms with Crippen LogP contribution in [0.15, 0.2) is 0 Å². The van der Waals surface area contributed by atoms with Crippen molar-refractivity contribution in [2.45, 2.75) is 76.3 Å². The minimum Gasteiger partial charge on any atom is -0.479 e. The largest absolute Gasteiger partial charge is 0.479 e. The van der Waals surface area contributed by atoms with Gasteiger partial charge in [-0.3, -0.25) is 4.79 Å². The van der Waals surface area contributed by atoms with Gasteiger partial charge in [0.15, 0.2) is 0 Å². The zero-order chi connectivity index (χ0) is 18.7. The Morgan fingerprint density at radius 2 is 1.68 bits per heavy atom. The lowest BCUT2D eigenvalue weighted by atomic mass is 9.80. The fourth-order valence-corrected chi connectivity index (χ4v) is 5.35. The highest BCUT2D eigenvalue weighted by molar-refractivity contribution is 7.90. The van der Waals surface area contributed by atoms with Crippen LogP contribution in [0.4, 0.5) is 0 Å². The second kappa shape index (κ2) is 8.03. The lowest BCUT2D eigenvalue weighted by Crippen LogP contribution is -2.58. The van der Waals surface area contributed by atoms with Crippen molar-refractivity contribution in [3.63, 3.8) is 0 Å². The molecule has 0 aromatic rings. The Kier molecular flexibility index (Phi) is 6.48. The molecule has 0 radical (unpaired) electrons. The average Bonchev–Trinajstić information content (AvgIpc) is 2.56. The topological polar surface area (TPSA) is 104 Å². The van der Waals surface area contributed by atoms with Gasteiger partial charge < -0.3 is 10.0 Å². The van der Waals surface area contributed by atoms with Crippen LogP contribution in [0.5, 0.6) is 0 Å². The van der Waals surface area contributed by atoms with Crippen LogP contribution in [0.1, 0.15) is 64.7 Å². The van der Waals surface area contributed by atoms with Crippen LogP contribution < -0.4 is 4.72 Å². The van der Waals surface area contributed by atoms with Crippen LogP contribution in [-0.2, 0) is 19.6 Å². The summed E-state index contributed by atoms with van der Waals surface area (Å²) in [5, 5.41) is 9.63. The van der Waals surface area contributed by atoms with Crippen LogP contribution in [0.2, 0.25) is 0 Å². The van der Waals surface area contributed by atoms with Gasteiger partial charge in [-0.2, -0.15) is 0 Å². The van der Waals surface area contributed by atoms with Gasteiger partial charge in [0.05, 0.1) is 0 Å². The number of carbonyl (C=O) groups is 2. The fourth-order valence-electron chi connectivity index (χ4n) is 4.00. The van der Waals surface area contributed by atoms with Gasteiger partial charge in [0.25, 0.3) is 0 Å². The Morgan fingerprint density at radius 1 is 1.12 bits per heavy atom. The Bertz CT molecular complexity index is 590. The number of amides is 1. The maximum Gasteiger partial charge on any atom is 0.329 e. The fraction of sp³-hybridized carbons (Fsp3) is 0.882. The molecule has 144 valence electrons. The number of sulfonamides is 1. The van der Waals surface area contributed by atoms with Crippen molar-refractivity contribution in [3.8, 4) is 0 Å². The summed E-state index contributed by atoms with van der Waals surface area (Å²) in [6, 6.07) is -0.123. The van der Waals surface area contributed by atoms with Gasteiger partial charge >= 0.3 is 5.97 Å². The molecule has 1 amide bonds. The normalized spacial score (nSPS) is 26.8. The van der Waals surface area contributed by atoms with Crippen molar-refractivity contribution in [1.82, 2.24) is 9.62 Å². The molecule has 0 saturated heterocycles. The Morgan fingerprint density at radius 3 is 2.20 bits per heavy atom. The molecule has 2 fully saturated rings. The van der Waals surface area contributed by atoms with E-state index in [0.717, 1.165) is 49.8 Å². The molecule has 0 heterocycles. The molecule has 0 atom stereocenters. The van der Waals surface area contributed by atoms with E-state index in [4.69, 9.17) is 0 Å². The van der Waals surface area contributed by atoms with E-state index in [1.54, 1.807) is 0 Å². The molecule has 2 saturated carbocycles. The SMILES string of the molecule is CC1CCC(NS(=O)(=O)CC(=O)N(C)C2(C(=O)O)CCCCC2)CC1. The highest BCUT2D eigenvalue weighted by Gasteiger charge is 2.46. The molecule has 8 heteroatoms. The van der Waals surface area contributed by atoms with E-state index in [9.17, 15) is 23.1 Å². The quantitative estimate of drug-likeness (QED) is 0.737. The maximum absolute atomic E-state index is 12.5. The molecule has 7 nitrogen and oxygen atoms in total. The summed E-state index contributed by atoms with van der Waals surface area (Å²) in [6.45, 7) is 2.15. The first-order chi connectivity index (χ1) is 11.7. The first-order valence-corrected chi connectivity index (χ1v) is 10.8. The van der Waals surface area contributed by atoms with Crippen molar-refractivity contribution >= 4 is 21.9 Å². The number of hydrogen-bond donors (Lipinski definition) is 2. The monoisotopic (exact) mass is 374 g/mol. The molecule has 0 aliphatic heterocycles. The third-order valence-electron chi connectivity index (χ3n) is 5.77. The van der Waals surface area contributed by atoms with Gasteiger partial charge in [0.1, 0.15) is 11.3 Å². The third kappa shape index (κ3) is 4.94. The van der Waals surface area contributed by atoms with Gasteiger partial charge in [0.2, 0.25) is 15.9 Å². The number of carboxylic acids is 1. The van der Waals surface area contributed by atoms with Crippen LogP contribution in [-0.4, -0.2) is 54.7 Å². The highest BCUT2D eigenvalue weighted by Crippen LogP contribution is 2.33. The summed E-state index contributed by atoms with van der Waals surface area (Å²) < 4.78 is 27.3. The van der Waals surface area contributed by atoms with E-state index >= 15 is 0 Å². The molecule has 0 unspecified atom stereocenters. The maximum atomic E-state index is 12.5. The smallest absolute Gasteiger partial charge is 0.329 e. The molecule has 2 N–H and O–H groups in total. The van der Waals surface area contributed by atoms with Crippen molar-refractivity contribution < 1.29 is 23.1 Å². The van der Waals surface area contributed by atoms with Gasteiger partial charge in [0, 0.05) is 13.1 Å². The second-order valence-corrected chi connectivity index (χ2v) is 9.44. The molecule has 2 rings (SSSR count). The predicted molar refractivity (Wildman–Crippen MR) is 94.6 cm³/mol. The number of hydrogen-bond acceptors (Lipinski definition) is 4. The molecular formula is C17H30N2O5S. The summed E-state index contributed by atoms with van der Waals surface area (Å²) in [4.78, 5) is 25.4. The van der Waals surface area contributed by atoms with Crippen molar-refractivity contribution in [3.05, 3.63) is 0 Å². The molecule has 0 aromatic heterocycles. The van der Waals surface area contributed by atoms with E-state index in [-0.39, 0.29) is 6.04 Å². The first kappa shape index (κ1) is 20.2. The van der Waals surface area contributed by atoms with Gasteiger partial charge in [-0.25, -0.2) is 17.9 Å². The second-order valence-electron chi connectivity index (χ2n) is 7.68. The standard InChI is InChI=1S/C17H30N2O5S/c1-13-6-8-14(9-7-13)18-25(23,24)12-15(20)19(2)17(16(21)22)10-4-3-5-11-17/h13-14,18H,3-12H2,1-2H3,(H,21,22). The molecule has 2 aliphatic carbocycles. The predicted octanol–water partition coefficient (Wildman–Crippen LogP) is 1.73. The molecule has 0 bridgehead atoms. The van der Waals surface area contributed by atoms with Crippen LogP contribution >= 0.6 is 0 Å². The number of carboxylic acid groups (broad SMARTS) is 1. The minimum absolute atomic E-state index is 0.123. The van der Waals surface area contributed by atoms with Crippen LogP contribution in [0, 0.1) is 5.92 Å². The number of likely N-dealkylation sites (N-methyl/N-ethyl adjacent to an activating group) is 1. The van der Waals surface area contributed by atoms with E-state index in [1.807, 2.05) is 0 Å². The summed E-state index contributed by atoms with van der Waals surface area (Å²) in [6.07, 6.45) is 6.66. The highest BCUT2D eigenvalue weighted by atomic mass is 32.2. The van der Waals surface area contributed by atoms with Gasteiger partial charge in [-0.15, -0.1) is 0 Å². The Labute approximate surface area is 150 Å². The van der Waals surface area contributed by atoms with E-state index in [0.29, 0.717) is 18.8 Å². The van der Waals surface area contributed by atoms with E-state index in [2.05, 4.69) is 11.6 Å². The molecular weight excluding hydrogens is 344 g/mol. The Hall–Kier alpha value is -1.15. The minimum atomic E-state index is -3.77. The summed E-state index contributed by atoms with van der Waals surface area (Å²) in [5.74, 6) is -1.78. The third-order valence-corrected chi connectivity index (χ3v) is 7.09. The molecule has 25 heavy (non-hydrogen) atoms. The Balaban J connectivity index is 2.00. The lowest BCUT2D eigenvalue weighted by molar-refractivity contribution is -0.159. The molecule has 0 aromatic carbocycles. The van der Waals surface area contributed by atoms with Gasteiger partial charge in [-0.1, -0.05) is 26.2 Å². The van der Waals surface area contributed by atoms with E-state index in [1.165, 1.54) is 7.05 Å². The number of carbonyl (C=O) groups excluding carboxylic acids is 1. The number of nitrogens with one attached hydrogen (secondary N) is 1.